The van der Waals surface area contributed by atoms with Crippen molar-refractivity contribution in [1.29, 1.82) is 0 Å². The molecule has 0 aliphatic rings. The summed E-state index contributed by atoms with van der Waals surface area (Å²) in [5, 5.41) is 0. The second kappa shape index (κ2) is 4.41. The summed E-state index contributed by atoms with van der Waals surface area (Å²) in [6, 6.07) is 4.64. The van der Waals surface area contributed by atoms with Crippen molar-refractivity contribution in [3.05, 3.63) is 22.7 Å². The summed E-state index contributed by atoms with van der Waals surface area (Å²) >= 11 is 3.09. The standard InChI is InChI=1S/C8H7BrF2O2/c1-12-5-3-2-4-6(7(5)9)13-8(10)11/h2-4,8H,1H3. The average molecular weight is 253 g/mol. The van der Waals surface area contributed by atoms with Crippen LogP contribution in [0.1, 0.15) is 0 Å². The number of halogens is 3. The van der Waals surface area contributed by atoms with Crippen molar-refractivity contribution in [2.24, 2.45) is 0 Å². The molecule has 13 heavy (non-hydrogen) atoms. The molecule has 0 spiro atoms. The molecule has 2 nitrogen and oxygen atoms in total. The Bertz CT molecular complexity index is 291. The van der Waals surface area contributed by atoms with E-state index in [4.69, 9.17) is 4.74 Å². The Balaban J connectivity index is 2.94. The maximum Gasteiger partial charge on any atom is 0.387 e. The molecule has 1 aromatic carbocycles. The predicted molar refractivity (Wildman–Crippen MR) is 47.3 cm³/mol. The Morgan fingerprint density at radius 3 is 2.46 bits per heavy atom. The van der Waals surface area contributed by atoms with Crippen LogP contribution in [0, 0.1) is 0 Å². The second-order valence-corrected chi connectivity index (χ2v) is 2.94. The minimum absolute atomic E-state index is 0.0642. The molecule has 0 radical (unpaired) electrons. The third kappa shape index (κ3) is 2.55. The molecule has 5 heteroatoms. The molecule has 0 saturated carbocycles. The highest BCUT2D eigenvalue weighted by Crippen LogP contribution is 2.34. The van der Waals surface area contributed by atoms with Gasteiger partial charge in [-0.2, -0.15) is 8.78 Å². The Morgan fingerprint density at radius 2 is 1.92 bits per heavy atom. The van der Waals surface area contributed by atoms with Crippen molar-refractivity contribution in [3.63, 3.8) is 0 Å². The van der Waals surface area contributed by atoms with Gasteiger partial charge >= 0.3 is 6.61 Å². The van der Waals surface area contributed by atoms with Crippen LogP contribution >= 0.6 is 15.9 Å². The van der Waals surface area contributed by atoms with Crippen molar-refractivity contribution in [3.8, 4) is 11.5 Å². The lowest BCUT2D eigenvalue weighted by Crippen LogP contribution is -2.02. The first-order valence-electron chi connectivity index (χ1n) is 3.42. The van der Waals surface area contributed by atoms with E-state index in [9.17, 15) is 8.78 Å². The van der Waals surface area contributed by atoms with E-state index < -0.39 is 6.61 Å². The van der Waals surface area contributed by atoms with Crippen molar-refractivity contribution in [2.75, 3.05) is 7.11 Å². The van der Waals surface area contributed by atoms with E-state index in [1.165, 1.54) is 13.2 Å². The zero-order valence-corrected chi connectivity index (χ0v) is 8.35. The lowest BCUT2D eigenvalue weighted by atomic mass is 10.3. The van der Waals surface area contributed by atoms with E-state index in [1.54, 1.807) is 12.1 Å². The molecule has 0 fully saturated rings. The largest absolute Gasteiger partial charge is 0.495 e. The monoisotopic (exact) mass is 252 g/mol. The van der Waals surface area contributed by atoms with Gasteiger partial charge in [0.1, 0.15) is 16.0 Å². The smallest absolute Gasteiger partial charge is 0.387 e. The topological polar surface area (TPSA) is 18.5 Å². The number of ether oxygens (including phenoxy) is 2. The lowest BCUT2D eigenvalue weighted by molar-refractivity contribution is -0.0504. The molecule has 0 amide bonds. The molecule has 0 unspecified atom stereocenters. The summed E-state index contributed by atoms with van der Waals surface area (Å²) in [5.74, 6) is 0.521. The number of alkyl halides is 2. The molecular weight excluding hydrogens is 246 g/mol. The van der Waals surface area contributed by atoms with Gasteiger partial charge in [0.2, 0.25) is 0 Å². The molecule has 0 atom stereocenters. The molecule has 0 aromatic heterocycles. The SMILES string of the molecule is COc1cccc(OC(F)F)c1Br. The third-order valence-electron chi connectivity index (χ3n) is 1.36. The van der Waals surface area contributed by atoms with Crippen LogP contribution in [0.25, 0.3) is 0 Å². The summed E-state index contributed by atoms with van der Waals surface area (Å²) in [6.45, 7) is -2.83. The second-order valence-electron chi connectivity index (χ2n) is 2.15. The molecule has 0 heterocycles. The van der Waals surface area contributed by atoms with Crippen LogP contribution in [0.2, 0.25) is 0 Å². The van der Waals surface area contributed by atoms with Gasteiger partial charge < -0.3 is 9.47 Å². The summed E-state index contributed by atoms with van der Waals surface area (Å²) in [4.78, 5) is 0. The molecule has 72 valence electrons. The Hall–Kier alpha value is -0.840. The lowest BCUT2D eigenvalue weighted by Gasteiger charge is -2.09. The van der Waals surface area contributed by atoms with Crippen molar-refractivity contribution in [2.45, 2.75) is 6.61 Å². The zero-order chi connectivity index (χ0) is 9.84. The van der Waals surface area contributed by atoms with Gasteiger partial charge in [-0.3, -0.25) is 0 Å². The maximum atomic E-state index is 11.9. The van der Waals surface area contributed by atoms with Crippen molar-refractivity contribution in [1.82, 2.24) is 0 Å². The van der Waals surface area contributed by atoms with Crippen LogP contribution in [0.5, 0.6) is 11.5 Å². The van der Waals surface area contributed by atoms with Crippen LogP contribution in [-0.4, -0.2) is 13.7 Å². The first-order chi connectivity index (χ1) is 6.15. The van der Waals surface area contributed by atoms with E-state index >= 15 is 0 Å². The first kappa shape index (κ1) is 10.2. The predicted octanol–water partition coefficient (Wildman–Crippen LogP) is 3.06. The highest BCUT2D eigenvalue weighted by Gasteiger charge is 2.10. The summed E-state index contributed by atoms with van der Waals surface area (Å²) in [6.07, 6.45) is 0. The normalized spacial score (nSPS) is 10.2. The molecule has 0 aliphatic heterocycles. The number of hydrogen-bond donors (Lipinski definition) is 0. The minimum Gasteiger partial charge on any atom is -0.495 e. The maximum absolute atomic E-state index is 11.9. The van der Waals surface area contributed by atoms with Gasteiger partial charge in [-0.15, -0.1) is 0 Å². The van der Waals surface area contributed by atoms with Crippen LogP contribution in [-0.2, 0) is 0 Å². The molecule has 0 bridgehead atoms. The molecule has 1 aromatic rings. The van der Waals surface area contributed by atoms with Crippen LogP contribution in [0.4, 0.5) is 8.78 Å². The van der Waals surface area contributed by atoms with Crippen molar-refractivity contribution >= 4 is 15.9 Å². The van der Waals surface area contributed by atoms with Crippen molar-refractivity contribution < 1.29 is 18.3 Å². The highest BCUT2D eigenvalue weighted by molar-refractivity contribution is 9.10. The van der Waals surface area contributed by atoms with E-state index in [-0.39, 0.29) is 5.75 Å². The van der Waals surface area contributed by atoms with E-state index in [0.29, 0.717) is 10.2 Å². The van der Waals surface area contributed by atoms with E-state index in [1.807, 2.05) is 0 Å². The number of rotatable bonds is 3. The molecule has 0 saturated heterocycles. The van der Waals surface area contributed by atoms with Gasteiger partial charge in [-0.25, -0.2) is 0 Å². The quantitative estimate of drug-likeness (QED) is 0.824. The molecule has 0 N–H and O–H groups in total. The van der Waals surface area contributed by atoms with Gasteiger partial charge in [0.15, 0.2) is 0 Å². The fraction of sp³-hybridized carbons (Fsp3) is 0.250. The minimum atomic E-state index is -2.83. The summed E-state index contributed by atoms with van der Waals surface area (Å²) in [7, 11) is 1.45. The third-order valence-corrected chi connectivity index (χ3v) is 2.15. The summed E-state index contributed by atoms with van der Waals surface area (Å²) < 4.78 is 33.2. The van der Waals surface area contributed by atoms with E-state index in [2.05, 4.69) is 20.7 Å². The van der Waals surface area contributed by atoms with E-state index in [0.717, 1.165) is 0 Å². The highest BCUT2D eigenvalue weighted by atomic mass is 79.9. The Morgan fingerprint density at radius 1 is 1.31 bits per heavy atom. The average Bonchev–Trinajstić information content (AvgIpc) is 2.08. The van der Waals surface area contributed by atoms with Gasteiger partial charge in [-0.1, -0.05) is 6.07 Å². The molecule has 1 rings (SSSR count). The Kier molecular flexibility index (Phi) is 3.48. The summed E-state index contributed by atoms with van der Waals surface area (Å²) in [5.41, 5.74) is 0. The molecular formula is C8H7BrF2O2. The van der Waals surface area contributed by atoms with Gasteiger partial charge in [-0.05, 0) is 28.1 Å². The number of benzene rings is 1. The van der Waals surface area contributed by atoms with Crippen LogP contribution in [0.3, 0.4) is 0 Å². The number of hydrogen-bond acceptors (Lipinski definition) is 2. The van der Waals surface area contributed by atoms with Gasteiger partial charge in [0, 0.05) is 0 Å². The molecule has 0 aliphatic carbocycles. The Labute approximate surface area is 82.6 Å². The van der Waals surface area contributed by atoms with Crippen LogP contribution in [0.15, 0.2) is 22.7 Å². The fourth-order valence-corrected chi connectivity index (χ4v) is 1.35. The van der Waals surface area contributed by atoms with Gasteiger partial charge in [0.05, 0.1) is 7.11 Å². The first-order valence-corrected chi connectivity index (χ1v) is 4.21. The zero-order valence-electron chi connectivity index (χ0n) is 6.76. The van der Waals surface area contributed by atoms with Crippen LogP contribution < -0.4 is 9.47 Å². The fourth-order valence-electron chi connectivity index (χ4n) is 0.835. The van der Waals surface area contributed by atoms with Gasteiger partial charge in [0.25, 0.3) is 0 Å². The number of methoxy groups -OCH3 is 1.